The highest BCUT2D eigenvalue weighted by atomic mass is 32.2. The van der Waals surface area contributed by atoms with Crippen molar-refractivity contribution in [2.24, 2.45) is 0 Å². The average molecular weight is 252 g/mol. The van der Waals surface area contributed by atoms with Crippen molar-refractivity contribution < 1.29 is 4.57 Å². The summed E-state index contributed by atoms with van der Waals surface area (Å²) in [4.78, 5) is 0. The number of nitriles is 1. The number of thioether (sulfide) groups is 1. The number of rotatable bonds is 9. The molecule has 0 aliphatic rings. The molecule has 0 unspecified atom stereocenters. The monoisotopic (exact) mass is 252 g/mol. The summed E-state index contributed by atoms with van der Waals surface area (Å²) in [7, 11) is 0. The molecule has 0 aliphatic heterocycles. The molecule has 0 aliphatic carbocycles. The molecule has 0 N–H and O–H groups in total. The predicted octanol–water partition coefficient (Wildman–Crippen LogP) is 2.61. The molecule has 1 rings (SSSR count). The number of unbranched alkanes of at least 4 members (excludes halogenated alkanes) is 2. The fourth-order valence-electron chi connectivity index (χ4n) is 1.69. The molecule has 0 saturated carbocycles. The average Bonchev–Trinajstić information content (AvgIpc) is 2.77. The fraction of sp³-hybridized carbons (Fsp3) is 0.692. The van der Waals surface area contributed by atoms with E-state index in [-0.39, 0.29) is 0 Å². The van der Waals surface area contributed by atoms with Gasteiger partial charge in [0.2, 0.25) is 6.33 Å². The Bertz CT molecular complexity index is 341. The second-order valence-electron chi connectivity index (χ2n) is 4.05. The number of aryl methyl sites for hydroxylation is 2. The van der Waals surface area contributed by atoms with E-state index in [4.69, 9.17) is 5.26 Å². The van der Waals surface area contributed by atoms with Gasteiger partial charge in [-0.25, -0.2) is 9.13 Å². The maximum Gasteiger partial charge on any atom is 0.243 e. The highest BCUT2D eigenvalue weighted by Crippen LogP contribution is 2.03. The quantitative estimate of drug-likeness (QED) is 0.500. The highest BCUT2D eigenvalue weighted by molar-refractivity contribution is 7.99. The molecular formula is C13H22N3S+. The Morgan fingerprint density at radius 2 is 2.24 bits per heavy atom. The van der Waals surface area contributed by atoms with Gasteiger partial charge in [0.1, 0.15) is 12.4 Å². The van der Waals surface area contributed by atoms with E-state index in [1.807, 2.05) is 11.8 Å². The van der Waals surface area contributed by atoms with E-state index in [1.54, 1.807) is 0 Å². The minimum atomic E-state index is 0.645. The van der Waals surface area contributed by atoms with Gasteiger partial charge in [-0.05, 0) is 30.8 Å². The van der Waals surface area contributed by atoms with Gasteiger partial charge in [0, 0.05) is 6.42 Å². The van der Waals surface area contributed by atoms with Crippen LogP contribution in [-0.2, 0) is 13.1 Å². The Morgan fingerprint density at radius 3 is 3.00 bits per heavy atom. The maximum atomic E-state index is 8.47. The molecule has 1 heterocycles. The third kappa shape index (κ3) is 6.38. The molecule has 0 fully saturated rings. The Balaban J connectivity index is 2.15. The lowest BCUT2D eigenvalue weighted by atomic mass is 10.3. The molecule has 0 amide bonds. The van der Waals surface area contributed by atoms with Crippen LogP contribution in [0.4, 0.5) is 0 Å². The van der Waals surface area contributed by atoms with Crippen molar-refractivity contribution in [2.45, 2.75) is 45.7 Å². The second kappa shape index (κ2) is 9.12. The van der Waals surface area contributed by atoms with Crippen LogP contribution in [0.25, 0.3) is 0 Å². The summed E-state index contributed by atoms with van der Waals surface area (Å²) in [5.41, 5.74) is 0. The van der Waals surface area contributed by atoms with Crippen LogP contribution in [0, 0.1) is 11.3 Å². The Labute approximate surface area is 108 Å². The first kappa shape index (κ1) is 14.1. The summed E-state index contributed by atoms with van der Waals surface area (Å²) < 4.78 is 4.40. The van der Waals surface area contributed by atoms with Crippen molar-refractivity contribution in [3.63, 3.8) is 0 Å². The molecule has 3 nitrogen and oxygen atoms in total. The summed E-state index contributed by atoms with van der Waals surface area (Å²) in [5, 5.41) is 8.47. The van der Waals surface area contributed by atoms with Crippen molar-refractivity contribution in [3.05, 3.63) is 18.7 Å². The lowest BCUT2D eigenvalue weighted by molar-refractivity contribution is -0.696. The van der Waals surface area contributed by atoms with Gasteiger partial charge in [-0.3, -0.25) is 0 Å². The van der Waals surface area contributed by atoms with Gasteiger partial charge in [0.15, 0.2) is 0 Å². The minimum absolute atomic E-state index is 0.645. The smallest absolute Gasteiger partial charge is 0.237 e. The van der Waals surface area contributed by atoms with E-state index in [0.717, 1.165) is 19.5 Å². The largest absolute Gasteiger partial charge is 0.243 e. The lowest BCUT2D eigenvalue weighted by Crippen LogP contribution is -2.30. The summed E-state index contributed by atoms with van der Waals surface area (Å²) in [5.74, 6) is 2.50. The zero-order valence-electron chi connectivity index (χ0n) is 10.6. The molecule has 94 valence electrons. The van der Waals surface area contributed by atoms with Crippen LogP contribution in [0.2, 0.25) is 0 Å². The fourth-order valence-corrected chi connectivity index (χ4v) is 2.38. The van der Waals surface area contributed by atoms with Crippen LogP contribution < -0.4 is 4.57 Å². The topological polar surface area (TPSA) is 32.6 Å². The van der Waals surface area contributed by atoms with Crippen LogP contribution in [0.3, 0.4) is 0 Å². The minimum Gasteiger partial charge on any atom is -0.237 e. The molecule has 0 radical (unpaired) electrons. The zero-order chi connectivity index (χ0) is 12.3. The normalized spacial score (nSPS) is 10.4. The van der Waals surface area contributed by atoms with E-state index in [9.17, 15) is 0 Å². The molecule has 1 aromatic rings. The van der Waals surface area contributed by atoms with Gasteiger partial charge in [-0.1, -0.05) is 6.92 Å². The first-order valence-electron chi connectivity index (χ1n) is 6.36. The van der Waals surface area contributed by atoms with Gasteiger partial charge in [-0.2, -0.15) is 17.0 Å². The van der Waals surface area contributed by atoms with Gasteiger partial charge >= 0.3 is 0 Å². The van der Waals surface area contributed by atoms with E-state index in [1.165, 1.54) is 24.3 Å². The number of aromatic nitrogens is 2. The molecule has 0 saturated heterocycles. The van der Waals surface area contributed by atoms with E-state index < -0.39 is 0 Å². The molecule has 1 aromatic heterocycles. The van der Waals surface area contributed by atoms with Crippen LogP contribution >= 0.6 is 11.8 Å². The number of hydrogen-bond donors (Lipinski definition) is 0. The lowest BCUT2D eigenvalue weighted by Gasteiger charge is -1.97. The van der Waals surface area contributed by atoms with E-state index >= 15 is 0 Å². The summed E-state index contributed by atoms with van der Waals surface area (Å²) >= 11 is 2.02. The van der Waals surface area contributed by atoms with Crippen molar-refractivity contribution in [1.82, 2.24) is 4.57 Å². The first-order valence-corrected chi connectivity index (χ1v) is 7.51. The van der Waals surface area contributed by atoms with Gasteiger partial charge in [-0.15, -0.1) is 0 Å². The van der Waals surface area contributed by atoms with Crippen LogP contribution in [-0.4, -0.2) is 16.1 Å². The summed E-state index contributed by atoms with van der Waals surface area (Å²) in [6, 6.07) is 2.18. The Kier molecular flexibility index (Phi) is 7.57. The standard InChI is InChI=1S/C13H22N3S/c1-2-17-12-6-5-9-16-11-10-15(13-16)8-4-3-7-14/h10-11,13H,2-6,8-9,12H2,1H3/q+1. The number of hydrogen-bond acceptors (Lipinski definition) is 2. The van der Waals surface area contributed by atoms with Crippen LogP contribution in [0.1, 0.15) is 32.6 Å². The first-order chi connectivity index (χ1) is 8.36. The van der Waals surface area contributed by atoms with Crippen molar-refractivity contribution in [3.8, 4) is 6.07 Å². The number of imidazole rings is 1. The summed E-state index contributed by atoms with van der Waals surface area (Å²) in [6.45, 7) is 4.27. The molecular weight excluding hydrogens is 230 g/mol. The third-order valence-corrected chi connectivity index (χ3v) is 3.60. The maximum absolute atomic E-state index is 8.47. The van der Waals surface area contributed by atoms with Crippen molar-refractivity contribution in [1.29, 1.82) is 5.26 Å². The molecule has 0 spiro atoms. The Morgan fingerprint density at radius 1 is 1.35 bits per heavy atom. The molecule has 0 atom stereocenters. The summed E-state index contributed by atoms with van der Waals surface area (Å²) in [6.07, 6.45) is 10.5. The second-order valence-corrected chi connectivity index (χ2v) is 5.45. The third-order valence-electron chi connectivity index (χ3n) is 2.61. The number of nitrogens with zero attached hydrogens (tertiary/aromatic N) is 3. The Hall–Kier alpha value is -0.950. The van der Waals surface area contributed by atoms with Gasteiger partial charge < -0.3 is 0 Å². The van der Waals surface area contributed by atoms with Crippen LogP contribution in [0.5, 0.6) is 0 Å². The van der Waals surface area contributed by atoms with Crippen molar-refractivity contribution in [2.75, 3.05) is 11.5 Å². The van der Waals surface area contributed by atoms with E-state index in [2.05, 4.69) is 40.8 Å². The molecule has 4 heteroatoms. The van der Waals surface area contributed by atoms with Crippen LogP contribution in [0.15, 0.2) is 18.7 Å². The van der Waals surface area contributed by atoms with Gasteiger partial charge in [0.05, 0.1) is 19.2 Å². The molecule has 0 bridgehead atoms. The zero-order valence-corrected chi connectivity index (χ0v) is 11.5. The SMILES string of the molecule is CCSCCCC[n+]1ccn(CCCC#N)c1. The van der Waals surface area contributed by atoms with Gasteiger partial charge in [0.25, 0.3) is 0 Å². The van der Waals surface area contributed by atoms with E-state index in [0.29, 0.717) is 6.42 Å². The molecule has 17 heavy (non-hydrogen) atoms. The molecule has 0 aromatic carbocycles. The predicted molar refractivity (Wildman–Crippen MR) is 71.7 cm³/mol. The highest BCUT2D eigenvalue weighted by Gasteiger charge is 2.02. The van der Waals surface area contributed by atoms with Crippen molar-refractivity contribution >= 4 is 11.8 Å².